The predicted molar refractivity (Wildman–Crippen MR) is 103 cm³/mol. The summed E-state index contributed by atoms with van der Waals surface area (Å²) in [4.78, 5) is 15.0. The summed E-state index contributed by atoms with van der Waals surface area (Å²) in [6.07, 6.45) is 1.60. The molecule has 2 aromatic heterocycles. The van der Waals surface area contributed by atoms with Crippen molar-refractivity contribution < 1.29 is 14.6 Å². The number of non-ortho nitro benzene ring substituents is 1. The first kappa shape index (κ1) is 17.5. The second-order valence-corrected chi connectivity index (χ2v) is 6.33. The fourth-order valence-electron chi connectivity index (χ4n) is 3.12. The summed E-state index contributed by atoms with van der Waals surface area (Å²) in [5, 5.41) is 30.0. The van der Waals surface area contributed by atoms with Crippen LogP contribution < -0.4 is 5.32 Å². The number of anilines is 1. The number of phenols is 1. The molecule has 0 saturated carbocycles. The molecule has 8 nitrogen and oxygen atoms in total. The van der Waals surface area contributed by atoms with E-state index < -0.39 is 11.0 Å². The molecule has 0 amide bonds. The van der Waals surface area contributed by atoms with Gasteiger partial charge < -0.3 is 14.9 Å². The summed E-state index contributed by atoms with van der Waals surface area (Å²) in [7, 11) is 0. The monoisotopic (exact) mass is 376 g/mol. The van der Waals surface area contributed by atoms with Crippen LogP contribution in [0.25, 0.3) is 10.9 Å². The molecule has 28 heavy (non-hydrogen) atoms. The molecule has 0 bridgehead atoms. The third-order valence-corrected chi connectivity index (χ3v) is 4.42. The van der Waals surface area contributed by atoms with Gasteiger partial charge in [0.25, 0.3) is 5.69 Å². The number of nitrogens with one attached hydrogen (secondary N) is 1. The number of nitrogens with zero attached hydrogens (tertiary/aromatic N) is 3. The van der Waals surface area contributed by atoms with Crippen LogP contribution in [0.3, 0.4) is 0 Å². The van der Waals surface area contributed by atoms with Crippen molar-refractivity contribution in [1.29, 1.82) is 0 Å². The summed E-state index contributed by atoms with van der Waals surface area (Å²) in [6.45, 7) is 1.76. The van der Waals surface area contributed by atoms with Crippen LogP contribution in [-0.2, 0) is 0 Å². The molecule has 4 aromatic rings. The number of nitro benzene ring substituents is 1. The highest BCUT2D eigenvalue weighted by atomic mass is 16.6. The van der Waals surface area contributed by atoms with E-state index >= 15 is 0 Å². The van der Waals surface area contributed by atoms with Crippen molar-refractivity contribution in [3.8, 4) is 5.75 Å². The summed E-state index contributed by atoms with van der Waals surface area (Å²) in [5.41, 5.74) is 1.53. The van der Waals surface area contributed by atoms with Gasteiger partial charge in [0.2, 0.25) is 0 Å². The second kappa shape index (κ2) is 6.99. The van der Waals surface area contributed by atoms with Crippen LogP contribution >= 0.6 is 0 Å². The number of aryl methyl sites for hydroxylation is 1. The van der Waals surface area contributed by atoms with E-state index in [0.29, 0.717) is 28.2 Å². The molecule has 1 atom stereocenters. The maximum Gasteiger partial charge on any atom is 0.269 e. The molecule has 0 aliphatic heterocycles. The summed E-state index contributed by atoms with van der Waals surface area (Å²) >= 11 is 0. The van der Waals surface area contributed by atoms with Gasteiger partial charge in [0.05, 0.1) is 11.0 Å². The van der Waals surface area contributed by atoms with Crippen molar-refractivity contribution in [3.63, 3.8) is 0 Å². The van der Waals surface area contributed by atoms with Gasteiger partial charge in [-0.1, -0.05) is 35.5 Å². The minimum atomic E-state index is -0.601. The fourth-order valence-corrected chi connectivity index (χ4v) is 3.12. The Morgan fingerprint density at radius 2 is 2.04 bits per heavy atom. The number of benzene rings is 2. The lowest BCUT2D eigenvalue weighted by atomic mass is 9.96. The van der Waals surface area contributed by atoms with Crippen LogP contribution in [0.1, 0.15) is 22.9 Å². The first-order valence-electron chi connectivity index (χ1n) is 8.54. The maximum atomic E-state index is 11.2. The van der Waals surface area contributed by atoms with Crippen molar-refractivity contribution in [2.24, 2.45) is 0 Å². The molecule has 4 rings (SSSR count). The number of aromatic nitrogens is 2. The molecule has 0 fully saturated rings. The fraction of sp³-hybridized carbons (Fsp3) is 0.100. The number of rotatable bonds is 5. The maximum absolute atomic E-state index is 11.2. The van der Waals surface area contributed by atoms with E-state index in [1.54, 1.807) is 43.5 Å². The minimum Gasteiger partial charge on any atom is -0.505 e. The van der Waals surface area contributed by atoms with Crippen LogP contribution in [0.4, 0.5) is 11.5 Å². The van der Waals surface area contributed by atoms with Crippen molar-refractivity contribution in [3.05, 3.63) is 87.8 Å². The van der Waals surface area contributed by atoms with Crippen LogP contribution in [0.15, 0.2) is 65.3 Å². The number of hydrogen-bond acceptors (Lipinski definition) is 7. The van der Waals surface area contributed by atoms with Gasteiger partial charge in [-0.15, -0.1) is 0 Å². The van der Waals surface area contributed by atoms with Crippen molar-refractivity contribution in [2.75, 3.05) is 5.32 Å². The number of pyridine rings is 1. The van der Waals surface area contributed by atoms with Gasteiger partial charge in [0.1, 0.15) is 17.0 Å². The zero-order valence-corrected chi connectivity index (χ0v) is 14.9. The minimum absolute atomic E-state index is 0.00215. The van der Waals surface area contributed by atoms with E-state index in [0.717, 1.165) is 5.39 Å². The SMILES string of the molecule is Cc1cc(N[C@H](c2cccc([N+](=O)[O-])c2)c2ccc3cccnc3c2O)no1. The molecule has 0 radical (unpaired) electrons. The Labute approximate surface area is 159 Å². The molecule has 0 unspecified atom stereocenters. The molecule has 0 spiro atoms. The largest absolute Gasteiger partial charge is 0.505 e. The first-order valence-corrected chi connectivity index (χ1v) is 8.54. The molecular formula is C20H16N4O4. The smallest absolute Gasteiger partial charge is 0.269 e. The molecule has 2 heterocycles. The lowest BCUT2D eigenvalue weighted by molar-refractivity contribution is -0.384. The third-order valence-electron chi connectivity index (χ3n) is 4.42. The van der Waals surface area contributed by atoms with Crippen LogP contribution in [0.2, 0.25) is 0 Å². The van der Waals surface area contributed by atoms with E-state index in [2.05, 4.69) is 15.5 Å². The molecule has 0 aliphatic rings. The Bertz CT molecular complexity index is 1170. The third kappa shape index (κ3) is 3.23. The molecular weight excluding hydrogens is 360 g/mol. The quantitative estimate of drug-likeness (QED) is 0.393. The molecule has 2 aromatic carbocycles. The molecule has 0 aliphatic carbocycles. The van der Waals surface area contributed by atoms with Crippen LogP contribution in [0.5, 0.6) is 5.75 Å². The van der Waals surface area contributed by atoms with Gasteiger partial charge >= 0.3 is 0 Å². The van der Waals surface area contributed by atoms with Gasteiger partial charge in [-0.25, -0.2) is 0 Å². The van der Waals surface area contributed by atoms with E-state index in [1.165, 1.54) is 12.1 Å². The highest BCUT2D eigenvalue weighted by Crippen LogP contribution is 2.37. The zero-order valence-electron chi connectivity index (χ0n) is 14.9. The summed E-state index contributed by atoms with van der Waals surface area (Å²) in [5.74, 6) is 1.07. The van der Waals surface area contributed by atoms with Gasteiger partial charge in [-0.2, -0.15) is 0 Å². The Balaban J connectivity index is 1.87. The standard InChI is InChI=1S/C20H16N4O4/c1-12-10-17(23-28-12)22-18(14-4-2-6-15(11-14)24(26)27)16-8-7-13-5-3-9-21-19(13)20(16)25/h2-11,18,25H,1H3,(H,22,23)/t18-/m1/s1. The number of nitro groups is 1. The number of fused-ring (bicyclic) bond motifs is 1. The van der Waals surface area contributed by atoms with E-state index in [9.17, 15) is 15.2 Å². The Hall–Kier alpha value is -3.94. The topological polar surface area (TPSA) is 114 Å². The molecule has 140 valence electrons. The van der Waals surface area contributed by atoms with Crippen molar-refractivity contribution >= 4 is 22.4 Å². The lowest BCUT2D eigenvalue weighted by Crippen LogP contribution is -2.13. The average Bonchev–Trinajstić information content (AvgIpc) is 3.12. The average molecular weight is 376 g/mol. The molecule has 8 heteroatoms. The lowest BCUT2D eigenvalue weighted by Gasteiger charge is -2.20. The molecule has 2 N–H and O–H groups in total. The highest BCUT2D eigenvalue weighted by molar-refractivity contribution is 5.86. The van der Waals surface area contributed by atoms with Gasteiger partial charge in [0, 0.05) is 35.3 Å². The van der Waals surface area contributed by atoms with E-state index in [1.807, 2.05) is 12.1 Å². The van der Waals surface area contributed by atoms with Crippen molar-refractivity contribution in [2.45, 2.75) is 13.0 Å². The zero-order chi connectivity index (χ0) is 19.7. The van der Waals surface area contributed by atoms with Gasteiger partial charge in [-0.3, -0.25) is 15.1 Å². The van der Waals surface area contributed by atoms with Gasteiger partial charge in [-0.05, 0) is 18.6 Å². The van der Waals surface area contributed by atoms with E-state index in [-0.39, 0.29) is 11.4 Å². The first-order chi connectivity index (χ1) is 13.5. The van der Waals surface area contributed by atoms with E-state index in [4.69, 9.17) is 4.52 Å². The summed E-state index contributed by atoms with van der Waals surface area (Å²) < 4.78 is 5.10. The Morgan fingerprint density at radius 1 is 1.18 bits per heavy atom. The Morgan fingerprint density at radius 3 is 2.79 bits per heavy atom. The number of hydrogen-bond donors (Lipinski definition) is 2. The normalized spacial score (nSPS) is 12.0. The highest BCUT2D eigenvalue weighted by Gasteiger charge is 2.22. The predicted octanol–water partition coefficient (Wildman–Crippen LogP) is 4.35. The molecule has 0 saturated heterocycles. The van der Waals surface area contributed by atoms with Crippen LogP contribution in [0, 0.1) is 17.0 Å². The van der Waals surface area contributed by atoms with Crippen molar-refractivity contribution in [1.82, 2.24) is 10.1 Å². The Kier molecular flexibility index (Phi) is 4.36. The van der Waals surface area contributed by atoms with Crippen LogP contribution in [-0.4, -0.2) is 20.2 Å². The summed E-state index contributed by atoms with van der Waals surface area (Å²) in [6, 6.07) is 14.6. The second-order valence-electron chi connectivity index (χ2n) is 6.33. The number of aromatic hydroxyl groups is 1. The number of phenolic OH excluding ortho intramolecular Hbond substituents is 1. The van der Waals surface area contributed by atoms with Gasteiger partial charge in [0.15, 0.2) is 5.82 Å².